The van der Waals surface area contributed by atoms with Crippen molar-refractivity contribution < 1.29 is 31.9 Å². The van der Waals surface area contributed by atoms with Crippen LogP contribution in [0.3, 0.4) is 0 Å². The fraction of sp³-hybridized carbons (Fsp3) is 0.417. The molecule has 0 aromatic heterocycles. The molecule has 2 aromatic carbocycles. The molecule has 1 saturated heterocycles. The third-order valence-corrected chi connectivity index (χ3v) is 7.35. The summed E-state index contributed by atoms with van der Waals surface area (Å²) >= 11 is 0. The lowest BCUT2D eigenvalue weighted by Gasteiger charge is -2.26. The summed E-state index contributed by atoms with van der Waals surface area (Å²) in [6.45, 7) is 8.39. The van der Waals surface area contributed by atoms with E-state index >= 15 is 0 Å². The monoisotopic (exact) mass is 477 g/mol. The highest BCUT2D eigenvalue weighted by molar-refractivity contribution is 7.89. The molecule has 1 heterocycles. The Bertz CT molecular complexity index is 1130. The first kappa shape index (κ1) is 25.0. The van der Waals surface area contributed by atoms with E-state index in [0.717, 1.165) is 23.8 Å². The predicted octanol–water partition coefficient (Wildman–Crippen LogP) is 3.57. The Labute approximate surface area is 193 Å². The number of benzene rings is 2. The third-order valence-electron chi connectivity index (χ3n) is 5.45. The maximum atomic E-state index is 14.4. The first-order chi connectivity index (χ1) is 15.4. The molecule has 1 atom stereocenters. The van der Waals surface area contributed by atoms with Gasteiger partial charge in [0.2, 0.25) is 15.8 Å². The number of ether oxygens (including phenoxy) is 2. The van der Waals surface area contributed by atoms with Crippen molar-refractivity contribution in [2.45, 2.75) is 44.1 Å². The third kappa shape index (κ3) is 5.66. The van der Waals surface area contributed by atoms with E-state index in [1.165, 1.54) is 11.2 Å². The Hall–Kier alpha value is -2.62. The minimum atomic E-state index is -3.93. The molecule has 0 saturated carbocycles. The van der Waals surface area contributed by atoms with E-state index in [1.54, 1.807) is 12.1 Å². The standard InChI is InChI=1S/C24H28FNO6S/c1-16(22(27)17-5-7-18(8-6-17)24(2,3)4)32-23(28)20-15-19(9-10-21(20)25)33(29,30)26-11-13-31-14-12-26/h5-10,15-16H,11-14H2,1-4H3. The number of rotatable bonds is 6. The average Bonchev–Trinajstić information content (AvgIpc) is 2.78. The minimum absolute atomic E-state index is 0.0796. The molecular formula is C24H28FNO6S. The van der Waals surface area contributed by atoms with Crippen molar-refractivity contribution in [3.63, 3.8) is 0 Å². The molecule has 0 aliphatic carbocycles. The largest absolute Gasteiger partial charge is 0.451 e. The van der Waals surface area contributed by atoms with Crippen molar-refractivity contribution in [3.8, 4) is 0 Å². The first-order valence-corrected chi connectivity index (χ1v) is 12.1. The van der Waals surface area contributed by atoms with Crippen LogP contribution in [0.2, 0.25) is 0 Å². The van der Waals surface area contributed by atoms with Crippen LogP contribution in [0.1, 0.15) is 54.0 Å². The summed E-state index contributed by atoms with van der Waals surface area (Å²) in [6, 6.07) is 9.93. The molecule has 0 spiro atoms. The van der Waals surface area contributed by atoms with E-state index in [0.29, 0.717) is 5.56 Å². The summed E-state index contributed by atoms with van der Waals surface area (Å²) < 4.78 is 51.6. The molecule has 0 amide bonds. The zero-order chi connectivity index (χ0) is 24.4. The molecular weight excluding hydrogens is 449 g/mol. The lowest BCUT2D eigenvalue weighted by Crippen LogP contribution is -2.40. The molecule has 9 heteroatoms. The number of hydrogen-bond donors (Lipinski definition) is 0. The van der Waals surface area contributed by atoms with Gasteiger partial charge in [-0.1, -0.05) is 45.0 Å². The zero-order valence-corrected chi connectivity index (χ0v) is 19.9. The van der Waals surface area contributed by atoms with Crippen molar-refractivity contribution in [2.24, 2.45) is 0 Å². The number of nitrogens with zero attached hydrogens (tertiary/aromatic N) is 1. The highest BCUT2D eigenvalue weighted by Gasteiger charge is 2.29. The van der Waals surface area contributed by atoms with Gasteiger partial charge < -0.3 is 9.47 Å². The number of carbonyl (C=O) groups excluding carboxylic acids is 2. The Morgan fingerprint density at radius 2 is 1.67 bits per heavy atom. The molecule has 1 unspecified atom stereocenters. The van der Waals surface area contributed by atoms with Gasteiger partial charge in [-0.2, -0.15) is 4.31 Å². The summed E-state index contributed by atoms with van der Waals surface area (Å²) in [4.78, 5) is 25.1. The quantitative estimate of drug-likeness (QED) is 0.467. The lowest BCUT2D eigenvalue weighted by molar-refractivity contribution is 0.0314. The van der Waals surface area contributed by atoms with Crippen molar-refractivity contribution in [3.05, 3.63) is 65.0 Å². The number of hydrogen-bond acceptors (Lipinski definition) is 6. The highest BCUT2D eigenvalue weighted by atomic mass is 32.2. The van der Waals surface area contributed by atoms with Crippen LogP contribution >= 0.6 is 0 Å². The van der Waals surface area contributed by atoms with Gasteiger partial charge in [0.1, 0.15) is 5.82 Å². The van der Waals surface area contributed by atoms with Crippen LogP contribution in [0.4, 0.5) is 4.39 Å². The van der Waals surface area contributed by atoms with E-state index < -0.39 is 39.3 Å². The minimum Gasteiger partial charge on any atom is -0.451 e. The van der Waals surface area contributed by atoms with Crippen LogP contribution in [0, 0.1) is 5.82 Å². The van der Waals surface area contributed by atoms with Crippen LogP contribution in [-0.2, 0) is 24.9 Å². The summed E-state index contributed by atoms with van der Waals surface area (Å²) in [5, 5.41) is 0. The summed E-state index contributed by atoms with van der Waals surface area (Å²) in [5.41, 5.74) is 0.771. The zero-order valence-electron chi connectivity index (χ0n) is 19.1. The Balaban J connectivity index is 1.76. The van der Waals surface area contributed by atoms with Gasteiger partial charge in [0.25, 0.3) is 0 Å². The fourth-order valence-electron chi connectivity index (χ4n) is 3.40. The molecule has 3 rings (SSSR count). The van der Waals surface area contributed by atoms with Crippen molar-refractivity contribution in [1.29, 1.82) is 0 Å². The van der Waals surface area contributed by atoms with Crippen LogP contribution in [0.5, 0.6) is 0 Å². The molecule has 0 N–H and O–H groups in total. The average molecular weight is 478 g/mol. The fourth-order valence-corrected chi connectivity index (χ4v) is 4.84. The molecule has 0 bridgehead atoms. The number of ketones is 1. The SMILES string of the molecule is CC(OC(=O)c1cc(S(=O)(=O)N2CCOCC2)ccc1F)C(=O)c1ccc(C(C)(C)C)cc1. The smallest absolute Gasteiger partial charge is 0.341 e. The molecule has 1 aliphatic heterocycles. The van der Waals surface area contributed by atoms with Crippen LogP contribution in [0.15, 0.2) is 47.4 Å². The Kier molecular flexibility index (Phi) is 7.36. The highest BCUT2D eigenvalue weighted by Crippen LogP contribution is 2.24. The maximum absolute atomic E-state index is 14.4. The topological polar surface area (TPSA) is 90.0 Å². The number of morpholine rings is 1. The van der Waals surface area contributed by atoms with Gasteiger partial charge in [-0.3, -0.25) is 4.79 Å². The summed E-state index contributed by atoms with van der Waals surface area (Å²) in [5.74, 6) is -2.49. The van der Waals surface area contributed by atoms with Gasteiger partial charge >= 0.3 is 5.97 Å². The molecule has 178 valence electrons. The van der Waals surface area contributed by atoms with Crippen molar-refractivity contribution in [2.75, 3.05) is 26.3 Å². The normalized spacial score (nSPS) is 16.3. The predicted molar refractivity (Wildman–Crippen MR) is 120 cm³/mol. The van der Waals surface area contributed by atoms with E-state index in [-0.39, 0.29) is 36.6 Å². The number of halogens is 1. The van der Waals surface area contributed by atoms with Gasteiger partial charge in [-0.05, 0) is 36.1 Å². The Morgan fingerprint density at radius 3 is 2.24 bits per heavy atom. The summed E-state index contributed by atoms with van der Waals surface area (Å²) in [7, 11) is -3.93. The molecule has 1 fully saturated rings. The molecule has 33 heavy (non-hydrogen) atoms. The number of Topliss-reactive ketones (excluding diaryl/α,β-unsaturated/α-hetero) is 1. The van der Waals surface area contributed by atoms with Gasteiger partial charge in [0.15, 0.2) is 6.10 Å². The first-order valence-electron chi connectivity index (χ1n) is 10.6. The van der Waals surface area contributed by atoms with Crippen molar-refractivity contribution in [1.82, 2.24) is 4.31 Å². The van der Waals surface area contributed by atoms with Gasteiger partial charge in [0, 0.05) is 18.7 Å². The number of sulfonamides is 1. The molecule has 0 radical (unpaired) electrons. The number of esters is 1. The van der Waals surface area contributed by atoms with Gasteiger partial charge in [-0.15, -0.1) is 0 Å². The lowest BCUT2D eigenvalue weighted by atomic mass is 9.86. The molecule has 2 aromatic rings. The second-order valence-corrected chi connectivity index (χ2v) is 10.8. The summed E-state index contributed by atoms with van der Waals surface area (Å²) in [6.07, 6.45) is -1.18. The maximum Gasteiger partial charge on any atom is 0.341 e. The second-order valence-electron chi connectivity index (χ2n) is 8.90. The van der Waals surface area contributed by atoms with E-state index in [4.69, 9.17) is 9.47 Å². The van der Waals surface area contributed by atoms with Gasteiger partial charge in [-0.25, -0.2) is 17.6 Å². The molecule has 1 aliphatic rings. The number of carbonyl (C=O) groups is 2. The van der Waals surface area contributed by atoms with E-state index in [1.807, 2.05) is 12.1 Å². The van der Waals surface area contributed by atoms with Crippen LogP contribution < -0.4 is 0 Å². The van der Waals surface area contributed by atoms with E-state index in [9.17, 15) is 22.4 Å². The van der Waals surface area contributed by atoms with E-state index in [2.05, 4.69) is 20.8 Å². The second kappa shape index (κ2) is 9.70. The van der Waals surface area contributed by atoms with Crippen molar-refractivity contribution >= 4 is 21.8 Å². The Morgan fingerprint density at radius 1 is 1.06 bits per heavy atom. The molecule has 7 nitrogen and oxygen atoms in total. The van der Waals surface area contributed by atoms with Crippen LogP contribution in [-0.4, -0.2) is 56.9 Å². The van der Waals surface area contributed by atoms with Gasteiger partial charge in [0.05, 0.1) is 23.7 Å². The van der Waals surface area contributed by atoms with Crippen LogP contribution in [0.25, 0.3) is 0 Å².